The lowest BCUT2D eigenvalue weighted by Gasteiger charge is -2.27. The molecule has 2 N–H and O–H groups in total. The maximum atomic E-state index is 12.9. The molecule has 0 aliphatic carbocycles. The van der Waals surface area contributed by atoms with E-state index in [1.165, 1.54) is 12.1 Å². The minimum Gasteiger partial charge on any atom is -0.398 e. The first-order valence-electron chi connectivity index (χ1n) is 6.45. The molecular formula is C14H20ClNO3S. The Balaban J connectivity index is 2.51. The van der Waals surface area contributed by atoms with Crippen molar-refractivity contribution in [2.75, 3.05) is 5.73 Å². The molecule has 0 saturated carbocycles. The molecule has 6 heteroatoms. The third kappa shape index (κ3) is 2.67. The Morgan fingerprint density at radius 3 is 2.35 bits per heavy atom. The molecule has 0 amide bonds. The molecule has 0 bridgehead atoms. The van der Waals surface area contributed by atoms with E-state index in [-0.39, 0.29) is 10.6 Å². The van der Waals surface area contributed by atoms with Gasteiger partial charge in [-0.25, -0.2) is 8.42 Å². The van der Waals surface area contributed by atoms with E-state index in [1.54, 1.807) is 19.9 Å². The van der Waals surface area contributed by atoms with Crippen molar-refractivity contribution in [3.63, 3.8) is 0 Å². The van der Waals surface area contributed by atoms with E-state index in [4.69, 9.17) is 22.1 Å². The van der Waals surface area contributed by atoms with Crippen LogP contribution in [0.3, 0.4) is 0 Å². The number of hydrogen-bond donors (Lipinski definition) is 1. The monoisotopic (exact) mass is 317 g/mol. The van der Waals surface area contributed by atoms with E-state index in [2.05, 4.69) is 0 Å². The molecule has 1 unspecified atom stereocenters. The highest BCUT2D eigenvalue weighted by Gasteiger charge is 2.52. The van der Waals surface area contributed by atoms with E-state index in [0.29, 0.717) is 11.4 Å². The zero-order valence-corrected chi connectivity index (χ0v) is 13.7. The lowest BCUT2D eigenvalue weighted by Crippen LogP contribution is -2.38. The smallest absolute Gasteiger partial charge is 0.186 e. The molecule has 4 nitrogen and oxygen atoms in total. The van der Waals surface area contributed by atoms with Gasteiger partial charge in [0.2, 0.25) is 0 Å². The quantitative estimate of drug-likeness (QED) is 0.851. The molecule has 1 atom stereocenters. The number of hydrogen-bond acceptors (Lipinski definition) is 4. The van der Waals surface area contributed by atoms with E-state index in [9.17, 15) is 8.42 Å². The van der Waals surface area contributed by atoms with Crippen molar-refractivity contribution >= 4 is 27.1 Å². The molecule has 20 heavy (non-hydrogen) atoms. The third-order valence-electron chi connectivity index (χ3n) is 3.64. The van der Waals surface area contributed by atoms with Crippen LogP contribution in [0.5, 0.6) is 0 Å². The van der Waals surface area contributed by atoms with Gasteiger partial charge in [0, 0.05) is 5.02 Å². The maximum Gasteiger partial charge on any atom is 0.186 e. The molecule has 1 aromatic rings. The summed E-state index contributed by atoms with van der Waals surface area (Å²) in [5, 5.41) is -0.211. The van der Waals surface area contributed by atoms with Crippen LogP contribution < -0.4 is 5.73 Å². The number of rotatable bonds is 2. The summed E-state index contributed by atoms with van der Waals surface area (Å²) < 4.78 is 31.6. The number of benzene rings is 1. The fourth-order valence-electron chi connectivity index (χ4n) is 2.93. The Kier molecular flexibility index (Phi) is 3.60. The normalized spacial score (nSPS) is 24.8. The molecule has 2 rings (SSSR count). The van der Waals surface area contributed by atoms with Gasteiger partial charge in [0.1, 0.15) is 0 Å². The van der Waals surface area contributed by atoms with Crippen LogP contribution in [0.4, 0.5) is 5.69 Å². The predicted molar refractivity (Wildman–Crippen MR) is 80.7 cm³/mol. The average molecular weight is 318 g/mol. The number of halogens is 1. The molecule has 112 valence electrons. The van der Waals surface area contributed by atoms with Gasteiger partial charge >= 0.3 is 0 Å². The topological polar surface area (TPSA) is 69.4 Å². The van der Waals surface area contributed by atoms with Crippen LogP contribution in [0.25, 0.3) is 0 Å². The van der Waals surface area contributed by atoms with Crippen LogP contribution >= 0.6 is 11.6 Å². The van der Waals surface area contributed by atoms with Crippen molar-refractivity contribution in [2.24, 2.45) is 0 Å². The maximum absolute atomic E-state index is 12.9. The largest absolute Gasteiger partial charge is 0.398 e. The highest BCUT2D eigenvalue weighted by molar-refractivity contribution is 7.92. The number of anilines is 1. The van der Waals surface area contributed by atoms with E-state index >= 15 is 0 Å². The minimum atomic E-state index is -3.57. The van der Waals surface area contributed by atoms with Crippen LogP contribution in [0.15, 0.2) is 23.1 Å². The van der Waals surface area contributed by atoms with E-state index in [1.807, 2.05) is 13.8 Å². The van der Waals surface area contributed by atoms with Crippen LogP contribution in [-0.4, -0.2) is 24.9 Å². The molecule has 0 radical (unpaired) electrons. The number of nitrogens with two attached hydrogens (primary N) is 1. The van der Waals surface area contributed by atoms with Crippen molar-refractivity contribution in [2.45, 2.75) is 55.5 Å². The Morgan fingerprint density at radius 2 is 1.90 bits per heavy atom. The second-order valence-corrected chi connectivity index (χ2v) is 8.92. The SMILES string of the molecule is CC1(C)CC(S(=O)(=O)c2ccc(Cl)cc2N)C(C)(C)O1. The Hall–Kier alpha value is -0.780. The summed E-state index contributed by atoms with van der Waals surface area (Å²) in [6.07, 6.45) is 0.435. The molecule has 1 heterocycles. The van der Waals surface area contributed by atoms with Gasteiger partial charge in [-0.2, -0.15) is 0 Å². The van der Waals surface area contributed by atoms with Gasteiger partial charge < -0.3 is 10.5 Å². The van der Waals surface area contributed by atoms with E-state index < -0.39 is 26.3 Å². The summed E-state index contributed by atoms with van der Waals surface area (Å²) in [7, 11) is -3.57. The fourth-order valence-corrected chi connectivity index (χ4v) is 5.48. The molecule has 0 aromatic heterocycles. The van der Waals surface area contributed by atoms with Gasteiger partial charge in [-0.05, 0) is 52.3 Å². The molecule has 0 spiro atoms. The zero-order valence-electron chi connectivity index (χ0n) is 12.1. The highest BCUT2D eigenvalue weighted by atomic mass is 35.5. The fraction of sp³-hybridized carbons (Fsp3) is 0.571. The first kappa shape index (κ1) is 15.6. The summed E-state index contributed by atoms with van der Waals surface area (Å²) in [4.78, 5) is 0.126. The Labute approximate surface area is 125 Å². The second kappa shape index (κ2) is 4.61. The molecule has 1 fully saturated rings. The predicted octanol–water partition coefficient (Wildman–Crippen LogP) is 3.04. The Bertz CT molecular complexity index is 638. The summed E-state index contributed by atoms with van der Waals surface area (Å²) in [6, 6.07) is 4.47. The summed E-state index contributed by atoms with van der Waals surface area (Å²) >= 11 is 5.83. The highest BCUT2D eigenvalue weighted by Crippen LogP contribution is 2.43. The summed E-state index contributed by atoms with van der Waals surface area (Å²) in [5.74, 6) is 0. The second-order valence-electron chi connectivity index (χ2n) is 6.39. The van der Waals surface area contributed by atoms with Gasteiger partial charge in [-0.1, -0.05) is 11.6 Å². The number of sulfone groups is 1. The van der Waals surface area contributed by atoms with Crippen molar-refractivity contribution < 1.29 is 13.2 Å². The van der Waals surface area contributed by atoms with E-state index in [0.717, 1.165) is 0 Å². The van der Waals surface area contributed by atoms with Crippen LogP contribution in [0.2, 0.25) is 5.02 Å². The van der Waals surface area contributed by atoms with Gasteiger partial charge in [-0.3, -0.25) is 0 Å². The first-order chi connectivity index (χ1) is 8.96. The average Bonchev–Trinajstić information content (AvgIpc) is 2.46. The minimum absolute atomic E-state index is 0.126. The Morgan fingerprint density at radius 1 is 1.30 bits per heavy atom. The summed E-state index contributed by atoms with van der Waals surface area (Å²) in [6.45, 7) is 7.40. The van der Waals surface area contributed by atoms with Gasteiger partial charge in [0.25, 0.3) is 0 Å². The van der Waals surface area contributed by atoms with Crippen molar-refractivity contribution in [3.05, 3.63) is 23.2 Å². The molecular weight excluding hydrogens is 298 g/mol. The van der Waals surface area contributed by atoms with Crippen molar-refractivity contribution in [1.82, 2.24) is 0 Å². The molecule has 1 aliphatic rings. The number of ether oxygens (including phenoxy) is 1. The van der Waals surface area contributed by atoms with Crippen LogP contribution in [0.1, 0.15) is 34.1 Å². The van der Waals surface area contributed by atoms with Crippen LogP contribution in [-0.2, 0) is 14.6 Å². The van der Waals surface area contributed by atoms with Crippen molar-refractivity contribution in [3.8, 4) is 0 Å². The third-order valence-corrected chi connectivity index (χ3v) is 6.35. The first-order valence-corrected chi connectivity index (χ1v) is 8.37. The molecule has 1 saturated heterocycles. The molecule has 1 aromatic carbocycles. The van der Waals surface area contributed by atoms with Crippen molar-refractivity contribution in [1.29, 1.82) is 0 Å². The standard InChI is InChI=1S/C14H20ClNO3S/c1-13(2)8-12(14(3,4)19-13)20(17,18)11-6-5-9(15)7-10(11)16/h5-7,12H,8,16H2,1-4H3. The van der Waals surface area contributed by atoms with Gasteiger partial charge in [0.15, 0.2) is 9.84 Å². The van der Waals surface area contributed by atoms with Crippen LogP contribution in [0, 0.1) is 0 Å². The zero-order chi connectivity index (χ0) is 15.3. The lowest BCUT2D eigenvalue weighted by atomic mass is 10.0. The molecule has 1 aliphatic heterocycles. The van der Waals surface area contributed by atoms with Gasteiger partial charge in [-0.15, -0.1) is 0 Å². The number of nitrogen functional groups attached to an aromatic ring is 1. The van der Waals surface area contributed by atoms with Gasteiger partial charge in [0.05, 0.1) is 27.0 Å². The lowest BCUT2D eigenvalue weighted by molar-refractivity contribution is -0.0635. The summed E-state index contributed by atoms with van der Waals surface area (Å²) in [5.41, 5.74) is 4.78.